The van der Waals surface area contributed by atoms with E-state index in [1.54, 1.807) is 11.3 Å². The maximum Gasteiger partial charge on any atom is 0.303 e. The van der Waals surface area contributed by atoms with E-state index in [1.165, 1.54) is 24.9 Å². The third-order valence-electron chi connectivity index (χ3n) is 5.36. The van der Waals surface area contributed by atoms with Crippen LogP contribution in [0.1, 0.15) is 49.1 Å². The molecule has 1 aliphatic heterocycles. The summed E-state index contributed by atoms with van der Waals surface area (Å²) in [5.41, 5.74) is 4.53. The number of thiazole rings is 1. The Balaban J connectivity index is 1.59. The predicted molar refractivity (Wildman–Crippen MR) is 121 cm³/mol. The van der Waals surface area contributed by atoms with Crippen LogP contribution in [-0.2, 0) is 4.79 Å². The molecular formula is C24H26N2O2S. The van der Waals surface area contributed by atoms with Crippen LogP contribution in [0.2, 0.25) is 0 Å². The SMILES string of the molecule is O=C(O)CCCC(=Cc1ccc(N2CCCCC2)cc1)c1nc2ccccc2s1. The molecule has 1 saturated heterocycles. The fourth-order valence-corrected chi connectivity index (χ4v) is 4.82. The van der Waals surface area contributed by atoms with Gasteiger partial charge in [0.1, 0.15) is 5.01 Å². The first-order valence-electron chi connectivity index (χ1n) is 10.3. The molecule has 5 heteroatoms. The Labute approximate surface area is 175 Å². The van der Waals surface area contributed by atoms with Gasteiger partial charge in [0.05, 0.1) is 10.2 Å². The fourth-order valence-electron chi connectivity index (χ4n) is 3.82. The van der Waals surface area contributed by atoms with Gasteiger partial charge in [-0.3, -0.25) is 4.79 Å². The van der Waals surface area contributed by atoms with Gasteiger partial charge in [0, 0.05) is 25.2 Å². The van der Waals surface area contributed by atoms with Crippen molar-refractivity contribution >= 4 is 44.9 Å². The van der Waals surface area contributed by atoms with Crippen LogP contribution < -0.4 is 4.90 Å². The van der Waals surface area contributed by atoms with Crippen molar-refractivity contribution in [2.24, 2.45) is 0 Å². The second-order valence-corrected chi connectivity index (χ2v) is 8.57. The minimum absolute atomic E-state index is 0.177. The Bertz CT molecular complexity index is 968. The van der Waals surface area contributed by atoms with E-state index in [1.807, 2.05) is 18.2 Å². The summed E-state index contributed by atoms with van der Waals surface area (Å²) in [5, 5.41) is 10.0. The number of para-hydroxylation sites is 1. The molecule has 0 unspecified atom stereocenters. The molecule has 0 aliphatic carbocycles. The van der Waals surface area contributed by atoms with E-state index in [4.69, 9.17) is 10.1 Å². The second kappa shape index (κ2) is 9.23. The van der Waals surface area contributed by atoms with Gasteiger partial charge < -0.3 is 10.0 Å². The van der Waals surface area contributed by atoms with Gasteiger partial charge in [-0.05, 0) is 73.6 Å². The number of anilines is 1. The number of carboxylic acid groups (broad SMARTS) is 1. The predicted octanol–water partition coefficient (Wildman–Crippen LogP) is 6.08. The molecular weight excluding hydrogens is 380 g/mol. The van der Waals surface area contributed by atoms with Crippen LogP contribution in [0, 0.1) is 0 Å². The van der Waals surface area contributed by atoms with E-state index >= 15 is 0 Å². The van der Waals surface area contributed by atoms with Crippen molar-refractivity contribution < 1.29 is 9.90 Å². The Morgan fingerprint density at radius 1 is 1.03 bits per heavy atom. The minimum Gasteiger partial charge on any atom is -0.481 e. The van der Waals surface area contributed by atoms with Gasteiger partial charge in [0.2, 0.25) is 0 Å². The van der Waals surface area contributed by atoms with Crippen molar-refractivity contribution in [3.8, 4) is 0 Å². The Morgan fingerprint density at radius 3 is 2.52 bits per heavy atom. The molecule has 0 saturated carbocycles. The molecule has 1 fully saturated rings. The summed E-state index contributed by atoms with van der Waals surface area (Å²) < 4.78 is 1.16. The lowest BCUT2D eigenvalue weighted by molar-refractivity contribution is -0.137. The van der Waals surface area contributed by atoms with Crippen LogP contribution in [0.4, 0.5) is 5.69 Å². The molecule has 0 radical (unpaired) electrons. The summed E-state index contributed by atoms with van der Waals surface area (Å²) in [6.07, 6.45) is 7.54. The van der Waals surface area contributed by atoms with Crippen LogP contribution in [-0.4, -0.2) is 29.1 Å². The lowest BCUT2D eigenvalue weighted by Gasteiger charge is -2.28. The standard InChI is InChI=1S/C24H26N2O2S/c27-23(28)10-6-7-19(24-25-21-8-2-3-9-22(21)29-24)17-18-11-13-20(14-12-18)26-15-4-1-5-16-26/h2-3,8-9,11-14,17H,1,4-7,10,15-16H2,(H,27,28). The number of aliphatic carboxylic acids is 1. The fraction of sp³-hybridized carbons (Fsp3) is 0.333. The summed E-state index contributed by atoms with van der Waals surface area (Å²) >= 11 is 1.67. The molecule has 0 amide bonds. The molecule has 1 aliphatic rings. The number of allylic oxidation sites excluding steroid dienone is 1. The highest BCUT2D eigenvalue weighted by atomic mass is 32.1. The van der Waals surface area contributed by atoms with Crippen molar-refractivity contribution in [2.45, 2.75) is 38.5 Å². The average Bonchev–Trinajstić information content (AvgIpc) is 3.18. The Kier molecular flexibility index (Phi) is 6.25. The average molecular weight is 407 g/mol. The molecule has 4 nitrogen and oxygen atoms in total. The molecule has 1 N–H and O–H groups in total. The van der Waals surface area contributed by atoms with E-state index < -0.39 is 5.97 Å². The first-order valence-corrected chi connectivity index (χ1v) is 11.1. The summed E-state index contributed by atoms with van der Waals surface area (Å²) in [5.74, 6) is -0.750. The zero-order chi connectivity index (χ0) is 20.1. The van der Waals surface area contributed by atoms with E-state index in [0.29, 0.717) is 12.8 Å². The molecule has 2 aromatic carbocycles. The smallest absolute Gasteiger partial charge is 0.303 e. The van der Waals surface area contributed by atoms with E-state index in [2.05, 4.69) is 41.3 Å². The summed E-state index contributed by atoms with van der Waals surface area (Å²) in [6, 6.07) is 16.9. The quantitative estimate of drug-likeness (QED) is 0.516. The minimum atomic E-state index is -0.750. The number of aromatic nitrogens is 1. The number of carbonyl (C=O) groups is 1. The van der Waals surface area contributed by atoms with E-state index in [-0.39, 0.29) is 6.42 Å². The first-order chi connectivity index (χ1) is 14.2. The van der Waals surface area contributed by atoms with Gasteiger partial charge in [-0.15, -0.1) is 11.3 Å². The summed E-state index contributed by atoms with van der Waals surface area (Å²) in [6.45, 7) is 2.28. The highest BCUT2D eigenvalue weighted by Crippen LogP contribution is 2.31. The van der Waals surface area contributed by atoms with Crippen LogP contribution >= 0.6 is 11.3 Å². The number of piperidine rings is 1. The van der Waals surface area contributed by atoms with Crippen molar-refractivity contribution in [1.29, 1.82) is 0 Å². The number of benzene rings is 2. The Hall–Kier alpha value is -2.66. The van der Waals surface area contributed by atoms with Crippen molar-refractivity contribution in [2.75, 3.05) is 18.0 Å². The number of fused-ring (bicyclic) bond motifs is 1. The van der Waals surface area contributed by atoms with Gasteiger partial charge in [-0.25, -0.2) is 4.98 Å². The monoisotopic (exact) mass is 406 g/mol. The maximum absolute atomic E-state index is 11.0. The zero-order valence-corrected chi connectivity index (χ0v) is 17.3. The van der Waals surface area contributed by atoms with Gasteiger partial charge in [0.25, 0.3) is 0 Å². The van der Waals surface area contributed by atoms with Crippen LogP contribution in [0.25, 0.3) is 21.9 Å². The molecule has 0 atom stereocenters. The third-order valence-corrected chi connectivity index (χ3v) is 6.47. The molecule has 150 valence electrons. The number of hydrogen-bond acceptors (Lipinski definition) is 4. The van der Waals surface area contributed by atoms with Crippen LogP contribution in [0.5, 0.6) is 0 Å². The van der Waals surface area contributed by atoms with E-state index in [0.717, 1.165) is 39.5 Å². The number of carboxylic acids is 1. The number of nitrogens with zero attached hydrogens (tertiary/aromatic N) is 2. The van der Waals surface area contributed by atoms with Gasteiger partial charge in [-0.1, -0.05) is 24.3 Å². The normalized spacial score (nSPS) is 15.0. The largest absolute Gasteiger partial charge is 0.481 e. The number of hydrogen-bond donors (Lipinski definition) is 1. The zero-order valence-electron chi connectivity index (χ0n) is 16.5. The van der Waals surface area contributed by atoms with Crippen LogP contribution in [0.15, 0.2) is 48.5 Å². The highest BCUT2D eigenvalue weighted by Gasteiger charge is 2.12. The molecule has 1 aromatic heterocycles. The van der Waals surface area contributed by atoms with Crippen molar-refractivity contribution in [3.63, 3.8) is 0 Å². The van der Waals surface area contributed by atoms with Gasteiger partial charge in [0.15, 0.2) is 0 Å². The van der Waals surface area contributed by atoms with Crippen molar-refractivity contribution in [1.82, 2.24) is 4.98 Å². The maximum atomic E-state index is 11.0. The number of rotatable bonds is 7. The molecule has 0 spiro atoms. The Morgan fingerprint density at radius 2 is 1.79 bits per heavy atom. The molecule has 29 heavy (non-hydrogen) atoms. The van der Waals surface area contributed by atoms with Gasteiger partial charge in [-0.2, -0.15) is 0 Å². The summed E-state index contributed by atoms with van der Waals surface area (Å²) in [4.78, 5) is 18.2. The van der Waals surface area contributed by atoms with Crippen molar-refractivity contribution in [3.05, 3.63) is 59.1 Å². The van der Waals surface area contributed by atoms with Gasteiger partial charge >= 0.3 is 5.97 Å². The highest BCUT2D eigenvalue weighted by molar-refractivity contribution is 7.19. The summed E-state index contributed by atoms with van der Waals surface area (Å²) in [7, 11) is 0. The third kappa shape index (κ3) is 5.04. The topological polar surface area (TPSA) is 53.4 Å². The lowest BCUT2D eigenvalue weighted by Crippen LogP contribution is -2.29. The van der Waals surface area contributed by atoms with E-state index in [9.17, 15) is 4.79 Å². The molecule has 2 heterocycles. The molecule has 3 aromatic rings. The molecule has 4 rings (SSSR count). The second-order valence-electron chi connectivity index (χ2n) is 7.54. The molecule has 0 bridgehead atoms. The lowest BCUT2D eigenvalue weighted by atomic mass is 10.0. The first kappa shape index (κ1) is 19.6. The van der Waals surface area contributed by atoms with Crippen LogP contribution in [0.3, 0.4) is 0 Å².